The maximum Gasteiger partial charge on any atom is 0.321 e. The van der Waals surface area contributed by atoms with Gasteiger partial charge in [0.2, 0.25) is 10.0 Å². The molecule has 0 spiro atoms. The summed E-state index contributed by atoms with van der Waals surface area (Å²) in [6.45, 7) is 1.28. The van der Waals surface area contributed by atoms with E-state index in [1.807, 2.05) is 0 Å². The molecule has 0 aromatic rings. The number of esters is 1. The molecule has 0 aromatic carbocycles. The lowest BCUT2D eigenvalue weighted by atomic mass is 10.3. The van der Waals surface area contributed by atoms with Crippen molar-refractivity contribution in [2.45, 2.75) is 25.8 Å². The van der Waals surface area contributed by atoms with Gasteiger partial charge in [-0.1, -0.05) is 0 Å². The van der Waals surface area contributed by atoms with Crippen molar-refractivity contribution in [3.63, 3.8) is 0 Å². The summed E-state index contributed by atoms with van der Waals surface area (Å²) in [5.74, 6) is -1.99. The van der Waals surface area contributed by atoms with Crippen molar-refractivity contribution in [1.82, 2.24) is 4.31 Å². The Morgan fingerprint density at radius 1 is 1.41 bits per heavy atom. The van der Waals surface area contributed by atoms with E-state index >= 15 is 0 Å². The summed E-state index contributed by atoms with van der Waals surface area (Å²) in [6, 6.07) is -1.13. The minimum atomic E-state index is -3.66. The molecule has 7 nitrogen and oxygen atoms in total. The molecule has 0 bridgehead atoms. The predicted molar refractivity (Wildman–Crippen MR) is 59.9 cm³/mol. The molecule has 1 N–H and O–H groups in total. The third-order valence-electron chi connectivity index (χ3n) is 2.35. The zero-order valence-electron chi connectivity index (χ0n) is 10.0. The molecule has 0 saturated carbocycles. The van der Waals surface area contributed by atoms with Crippen LogP contribution in [0.3, 0.4) is 0 Å². The van der Waals surface area contributed by atoms with Gasteiger partial charge in [-0.3, -0.25) is 9.59 Å². The van der Waals surface area contributed by atoms with Gasteiger partial charge in [0.25, 0.3) is 0 Å². The minimum Gasteiger partial charge on any atom is -0.480 e. The molecule has 0 rings (SSSR count). The molecule has 17 heavy (non-hydrogen) atoms. The average Bonchev–Trinajstić information content (AvgIpc) is 2.26. The smallest absolute Gasteiger partial charge is 0.321 e. The number of carbonyl (C=O) groups is 2. The van der Waals surface area contributed by atoms with E-state index in [1.54, 1.807) is 0 Å². The third-order valence-corrected chi connectivity index (χ3v) is 4.35. The van der Waals surface area contributed by atoms with E-state index in [1.165, 1.54) is 21.1 Å². The van der Waals surface area contributed by atoms with Gasteiger partial charge in [0.1, 0.15) is 6.04 Å². The lowest BCUT2D eigenvalue weighted by Gasteiger charge is -2.20. The van der Waals surface area contributed by atoms with Gasteiger partial charge >= 0.3 is 11.9 Å². The van der Waals surface area contributed by atoms with Crippen LogP contribution in [-0.4, -0.2) is 55.7 Å². The number of sulfonamides is 1. The van der Waals surface area contributed by atoms with Crippen LogP contribution in [0.5, 0.6) is 0 Å². The molecular weight excluding hydrogens is 250 g/mol. The molecule has 0 aliphatic carbocycles. The molecule has 1 atom stereocenters. The second-order valence-electron chi connectivity index (χ2n) is 3.53. The zero-order valence-corrected chi connectivity index (χ0v) is 10.9. The van der Waals surface area contributed by atoms with Crippen molar-refractivity contribution in [2.75, 3.05) is 19.9 Å². The topological polar surface area (TPSA) is 101 Å². The summed E-state index contributed by atoms with van der Waals surface area (Å²) < 4.78 is 28.5. The summed E-state index contributed by atoms with van der Waals surface area (Å²) in [5, 5.41) is 8.69. The second kappa shape index (κ2) is 6.55. The van der Waals surface area contributed by atoms with Crippen LogP contribution in [0.1, 0.15) is 19.8 Å². The van der Waals surface area contributed by atoms with Crippen LogP contribution in [0.2, 0.25) is 0 Å². The van der Waals surface area contributed by atoms with Crippen molar-refractivity contribution in [3.05, 3.63) is 0 Å². The maximum absolute atomic E-state index is 11.7. The number of carboxylic acids is 1. The van der Waals surface area contributed by atoms with Gasteiger partial charge in [-0.25, -0.2) is 8.42 Å². The van der Waals surface area contributed by atoms with Crippen molar-refractivity contribution in [3.8, 4) is 0 Å². The summed E-state index contributed by atoms with van der Waals surface area (Å²) >= 11 is 0. The Bertz CT molecular complexity index is 377. The number of methoxy groups -OCH3 is 1. The first kappa shape index (κ1) is 15.9. The number of hydrogen-bond donors (Lipinski definition) is 1. The summed E-state index contributed by atoms with van der Waals surface area (Å²) in [7, 11) is -1.25. The number of carbonyl (C=O) groups excluding carboxylic acids is 1. The van der Waals surface area contributed by atoms with Gasteiger partial charge in [0.15, 0.2) is 0 Å². The molecule has 0 saturated heterocycles. The van der Waals surface area contributed by atoms with E-state index in [0.717, 1.165) is 4.31 Å². The summed E-state index contributed by atoms with van der Waals surface area (Å²) in [4.78, 5) is 21.4. The van der Waals surface area contributed by atoms with Crippen LogP contribution in [0, 0.1) is 0 Å². The zero-order chi connectivity index (χ0) is 13.6. The normalized spacial score (nSPS) is 13.4. The summed E-state index contributed by atoms with van der Waals surface area (Å²) in [6.07, 6.45) is 0.0940. The molecule has 8 heteroatoms. The highest BCUT2D eigenvalue weighted by Gasteiger charge is 2.27. The Balaban J connectivity index is 4.38. The highest BCUT2D eigenvalue weighted by atomic mass is 32.2. The first-order valence-corrected chi connectivity index (χ1v) is 6.58. The Kier molecular flexibility index (Phi) is 6.11. The quantitative estimate of drug-likeness (QED) is 0.634. The van der Waals surface area contributed by atoms with Crippen molar-refractivity contribution in [1.29, 1.82) is 0 Å². The average molecular weight is 267 g/mol. The number of rotatable bonds is 7. The minimum absolute atomic E-state index is 0.00891. The second-order valence-corrected chi connectivity index (χ2v) is 5.67. The first-order chi connectivity index (χ1) is 7.72. The summed E-state index contributed by atoms with van der Waals surface area (Å²) in [5.41, 5.74) is 0. The number of aliphatic carboxylic acids is 1. The number of nitrogens with zero attached hydrogens (tertiary/aromatic N) is 1. The van der Waals surface area contributed by atoms with Crippen LogP contribution >= 0.6 is 0 Å². The molecule has 1 unspecified atom stereocenters. The molecule has 0 aliphatic heterocycles. The van der Waals surface area contributed by atoms with Gasteiger partial charge in [0.05, 0.1) is 12.9 Å². The van der Waals surface area contributed by atoms with E-state index in [-0.39, 0.29) is 18.6 Å². The SMILES string of the molecule is COC(=O)CCCS(=O)(=O)N(C)C(C)C(=O)O. The maximum atomic E-state index is 11.7. The highest BCUT2D eigenvalue weighted by molar-refractivity contribution is 7.89. The lowest BCUT2D eigenvalue weighted by Crippen LogP contribution is -2.41. The largest absolute Gasteiger partial charge is 0.480 e. The Morgan fingerprint density at radius 2 is 1.94 bits per heavy atom. The number of hydrogen-bond acceptors (Lipinski definition) is 5. The van der Waals surface area contributed by atoms with Crippen molar-refractivity contribution in [2.24, 2.45) is 0 Å². The fourth-order valence-electron chi connectivity index (χ4n) is 1.04. The molecular formula is C9H17NO6S. The van der Waals surface area contributed by atoms with Crippen LogP contribution in [0.15, 0.2) is 0 Å². The van der Waals surface area contributed by atoms with E-state index in [9.17, 15) is 18.0 Å². The Hall–Kier alpha value is -1.15. The number of likely N-dealkylation sites (N-methyl/N-ethyl adjacent to an activating group) is 1. The Morgan fingerprint density at radius 3 is 2.35 bits per heavy atom. The molecule has 100 valence electrons. The van der Waals surface area contributed by atoms with Crippen LogP contribution in [0.4, 0.5) is 0 Å². The van der Waals surface area contributed by atoms with Crippen molar-refractivity contribution < 1.29 is 27.9 Å². The first-order valence-electron chi connectivity index (χ1n) is 4.97. The molecule has 0 aliphatic rings. The van der Waals surface area contributed by atoms with Gasteiger partial charge < -0.3 is 9.84 Å². The number of ether oxygens (including phenoxy) is 1. The standard InChI is InChI=1S/C9H17NO6S/c1-7(9(12)13)10(2)17(14,15)6-4-5-8(11)16-3/h7H,4-6H2,1-3H3,(H,12,13). The molecule has 0 fully saturated rings. The Labute approximate surface area is 100 Å². The van der Waals surface area contributed by atoms with Gasteiger partial charge in [-0.2, -0.15) is 4.31 Å². The van der Waals surface area contributed by atoms with Crippen LogP contribution in [-0.2, 0) is 24.3 Å². The monoisotopic (exact) mass is 267 g/mol. The predicted octanol–water partition coefficient (Wildman–Crippen LogP) is -0.326. The highest BCUT2D eigenvalue weighted by Crippen LogP contribution is 2.07. The van der Waals surface area contributed by atoms with Crippen molar-refractivity contribution >= 4 is 22.0 Å². The third kappa shape index (κ3) is 5.14. The molecule has 0 heterocycles. The lowest BCUT2D eigenvalue weighted by molar-refractivity contribution is -0.141. The van der Waals surface area contributed by atoms with Gasteiger partial charge in [-0.15, -0.1) is 0 Å². The van der Waals surface area contributed by atoms with Crippen LogP contribution in [0.25, 0.3) is 0 Å². The molecule has 0 aromatic heterocycles. The molecule has 0 amide bonds. The van der Waals surface area contributed by atoms with E-state index in [4.69, 9.17) is 5.11 Å². The van der Waals surface area contributed by atoms with Crippen LogP contribution < -0.4 is 0 Å². The fraction of sp³-hybridized carbons (Fsp3) is 0.778. The van der Waals surface area contributed by atoms with Gasteiger partial charge in [-0.05, 0) is 13.3 Å². The van der Waals surface area contributed by atoms with Gasteiger partial charge in [0, 0.05) is 13.5 Å². The fourth-order valence-corrected chi connectivity index (χ4v) is 2.41. The molecule has 0 radical (unpaired) electrons. The number of carboxylic acid groups (broad SMARTS) is 1. The van der Waals surface area contributed by atoms with E-state index in [0.29, 0.717) is 0 Å². The van der Waals surface area contributed by atoms with E-state index < -0.39 is 28.0 Å². The van der Waals surface area contributed by atoms with E-state index in [2.05, 4.69) is 4.74 Å².